The first-order chi connectivity index (χ1) is 8.15. The van der Waals surface area contributed by atoms with Gasteiger partial charge in [-0.05, 0) is 36.8 Å². The van der Waals surface area contributed by atoms with Gasteiger partial charge in [0.1, 0.15) is 11.9 Å². The summed E-state index contributed by atoms with van der Waals surface area (Å²) in [5.41, 5.74) is 7.44. The molecular formula is C15H23NO. The molecule has 1 aliphatic heterocycles. The topological polar surface area (TPSA) is 35.2 Å². The van der Waals surface area contributed by atoms with Crippen molar-refractivity contribution in [1.82, 2.24) is 0 Å². The van der Waals surface area contributed by atoms with Gasteiger partial charge in [0.2, 0.25) is 0 Å². The van der Waals surface area contributed by atoms with Crippen molar-refractivity contribution in [2.75, 3.05) is 0 Å². The van der Waals surface area contributed by atoms with Gasteiger partial charge in [-0.15, -0.1) is 0 Å². The summed E-state index contributed by atoms with van der Waals surface area (Å²) in [6, 6.07) is 8.65. The molecule has 2 unspecified atom stereocenters. The van der Waals surface area contributed by atoms with Crippen LogP contribution in [0, 0.1) is 5.92 Å². The first-order valence-electron chi connectivity index (χ1n) is 6.65. The van der Waals surface area contributed by atoms with Crippen molar-refractivity contribution in [3.8, 4) is 5.75 Å². The molecule has 2 N–H and O–H groups in total. The molecular weight excluding hydrogens is 210 g/mol. The van der Waals surface area contributed by atoms with Crippen LogP contribution in [0.5, 0.6) is 5.75 Å². The van der Waals surface area contributed by atoms with E-state index < -0.39 is 0 Å². The summed E-state index contributed by atoms with van der Waals surface area (Å²) in [6.07, 6.45) is 4.63. The maximum Gasteiger partial charge on any atom is 0.123 e. The molecule has 0 aliphatic carbocycles. The maximum absolute atomic E-state index is 6.10. The summed E-state index contributed by atoms with van der Waals surface area (Å²) in [5.74, 6) is 1.75. The van der Waals surface area contributed by atoms with Crippen molar-refractivity contribution < 1.29 is 4.74 Å². The third kappa shape index (κ3) is 3.47. The van der Waals surface area contributed by atoms with Gasteiger partial charge < -0.3 is 10.5 Å². The molecule has 0 spiro atoms. The van der Waals surface area contributed by atoms with Crippen LogP contribution >= 0.6 is 0 Å². The predicted octanol–water partition coefficient (Wildman–Crippen LogP) is 3.14. The molecule has 2 rings (SSSR count). The highest BCUT2D eigenvalue weighted by atomic mass is 16.5. The summed E-state index contributed by atoms with van der Waals surface area (Å²) in [7, 11) is 0. The Balaban J connectivity index is 1.76. The molecule has 1 heterocycles. The monoisotopic (exact) mass is 233 g/mol. The number of hydrogen-bond acceptors (Lipinski definition) is 2. The minimum atomic E-state index is 0.322. The zero-order chi connectivity index (χ0) is 12.3. The van der Waals surface area contributed by atoms with Gasteiger partial charge in [-0.1, -0.05) is 32.0 Å². The molecule has 0 bridgehead atoms. The molecule has 2 atom stereocenters. The normalized spacial score (nSPS) is 20.1. The number of rotatable bonds is 5. The highest BCUT2D eigenvalue weighted by molar-refractivity contribution is 5.37. The van der Waals surface area contributed by atoms with E-state index in [0.717, 1.165) is 31.4 Å². The average Bonchev–Trinajstić information content (AvgIpc) is 2.68. The van der Waals surface area contributed by atoms with Gasteiger partial charge >= 0.3 is 0 Å². The average molecular weight is 233 g/mol. The first-order valence-corrected chi connectivity index (χ1v) is 6.65. The third-order valence-corrected chi connectivity index (χ3v) is 3.35. The number of benzene rings is 1. The van der Waals surface area contributed by atoms with Gasteiger partial charge in [-0.3, -0.25) is 0 Å². The Bertz CT molecular complexity index is 337. The lowest BCUT2D eigenvalue weighted by Crippen LogP contribution is -2.25. The van der Waals surface area contributed by atoms with E-state index in [1.165, 1.54) is 5.56 Å². The van der Waals surface area contributed by atoms with Crippen LogP contribution in [0.15, 0.2) is 24.3 Å². The maximum atomic E-state index is 6.10. The highest BCUT2D eigenvalue weighted by Gasteiger charge is 2.22. The van der Waals surface area contributed by atoms with E-state index in [0.29, 0.717) is 18.1 Å². The molecule has 2 nitrogen and oxygen atoms in total. The van der Waals surface area contributed by atoms with E-state index in [1.807, 2.05) is 6.07 Å². The Morgan fingerprint density at radius 2 is 2.12 bits per heavy atom. The van der Waals surface area contributed by atoms with Gasteiger partial charge in [-0.25, -0.2) is 0 Å². The van der Waals surface area contributed by atoms with E-state index in [2.05, 4.69) is 32.0 Å². The van der Waals surface area contributed by atoms with E-state index in [1.54, 1.807) is 0 Å². The summed E-state index contributed by atoms with van der Waals surface area (Å²) in [4.78, 5) is 0. The lowest BCUT2D eigenvalue weighted by atomic mass is 9.98. The molecule has 2 heteroatoms. The molecule has 0 saturated heterocycles. The number of nitrogens with two attached hydrogens (primary N) is 1. The van der Waals surface area contributed by atoms with Crippen LogP contribution in [0.4, 0.5) is 0 Å². The second-order valence-corrected chi connectivity index (χ2v) is 5.52. The van der Waals surface area contributed by atoms with Gasteiger partial charge in [0.05, 0.1) is 0 Å². The molecule has 0 aromatic heterocycles. The molecule has 0 amide bonds. The third-order valence-electron chi connectivity index (χ3n) is 3.35. The van der Waals surface area contributed by atoms with Crippen molar-refractivity contribution in [1.29, 1.82) is 0 Å². The van der Waals surface area contributed by atoms with Crippen molar-refractivity contribution >= 4 is 0 Å². The van der Waals surface area contributed by atoms with Gasteiger partial charge in [0.15, 0.2) is 0 Å². The summed E-state index contributed by atoms with van der Waals surface area (Å²) in [6.45, 7) is 4.45. The largest absolute Gasteiger partial charge is 0.490 e. The fourth-order valence-electron chi connectivity index (χ4n) is 2.54. The zero-order valence-electron chi connectivity index (χ0n) is 10.9. The minimum Gasteiger partial charge on any atom is -0.490 e. The van der Waals surface area contributed by atoms with Crippen LogP contribution in [0.3, 0.4) is 0 Å². The van der Waals surface area contributed by atoms with E-state index in [-0.39, 0.29) is 0 Å². The highest BCUT2D eigenvalue weighted by Crippen LogP contribution is 2.30. The smallest absolute Gasteiger partial charge is 0.123 e. The number of ether oxygens (including phenoxy) is 1. The van der Waals surface area contributed by atoms with Crippen LogP contribution < -0.4 is 10.5 Å². The van der Waals surface area contributed by atoms with Crippen molar-refractivity contribution in [3.63, 3.8) is 0 Å². The predicted molar refractivity (Wildman–Crippen MR) is 71.2 cm³/mol. The molecule has 0 radical (unpaired) electrons. The van der Waals surface area contributed by atoms with Crippen LogP contribution in [-0.4, -0.2) is 12.1 Å². The second-order valence-electron chi connectivity index (χ2n) is 5.52. The number of hydrogen-bond donors (Lipinski definition) is 1. The van der Waals surface area contributed by atoms with Crippen molar-refractivity contribution in [2.24, 2.45) is 11.7 Å². The summed E-state index contributed by atoms with van der Waals surface area (Å²) < 4.78 is 5.91. The fourth-order valence-corrected chi connectivity index (χ4v) is 2.54. The van der Waals surface area contributed by atoms with Gasteiger partial charge in [0.25, 0.3) is 0 Å². The van der Waals surface area contributed by atoms with E-state index >= 15 is 0 Å². The molecule has 1 aromatic carbocycles. The Kier molecular flexibility index (Phi) is 4.06. The van der Waals surface area contributed by atoms with E-state index in [4.69, 9.17) is 10.5 Å². The zero-order valence-corrected chi connectivity index (χ0v) is 10.9. The molecule has 17 heavy (non-hydrogen) atoms. The fraction of sp³-hybridized carbons (Fsp3) is 0.600. The summed E-state index contributed by atoms with van der Waals surface area (Å²) >= 11 is 0. The standard InChI is InChI=1S/C15H23NO/c1-11(2)9-13(16)7-8-14-10-12-5-3-4-6-15(12)17-14/h3-6,11,13-14H,7-10,16H2,1-2H3. The molecule has 1 aliphatic rings. The Morgan fingerprint density at radius 1 is 1.35 bits per heavy atom. The van der Waals surface area contributed by atoms with Crippen LogP contribution in [0.25, 0.3) is 0 Å². The quantitative estimate of drug-likeness (QED) is 0.848. The van der Waals surface area contributed by atoms with E-state index in [9.17, 15) is 0 Å². The van der Waals surface area contributed by atoms with Gasteiger partial charge in [0, 0.05) is 12.5 Å². The molecule has 0 fully saturated rings. The number of fused-ring (bicyclic) bond motifs is 1. The van der Waals surface area contributed by atoms with Crippen molar-refractivity contribution in [2.45, 2.75) is 51.7 Å². The Morgan fingerprint density at radius 3 is 2.82 bits per heavy atom. The number of para-hydroxylation sites is 1. The first kappa shape index (κ1) is 12.4. The SMILES string of the molecule is CC(C)CC(N)CCC1Cc2ccccc2O1. The van der Waals surface area contributed by atoms with Gasteiger partial charge in [-0.2, -0.15) is 0 Å². The minimum absolute atomic E-state index is 0.322. The molecule has 1 aromatic rings. The van der Waals surface area contributed by atoms with Crippen LogP contribution in [0.1, 0.15) is 38.7 Å². The van der Waals surface area contributed by atoms with Crippen LogP contribution in [0.2, 0.25) is 0 Å². The second kappa shape index (κ2) is 5.54. The Hall–Kier alpha value is -1.02. The molecule has 0 saturated carbocycles. The van der Waals surface area contributed by atoms with Crippen molar-refractivity contribution in [3.05, 3.63) is 29.8 Å². The lowest BCUT2D eigenvalue weighted by molar-refractivity contribution is 0.212. The van der Waals surface area contributed by atoms with Crippen LogP contribution in [-0.2, 0) is 6.42 Å². The summed E-state index contributed by atoms with van der Waals surface area (Å²) in [5, 5.41) is 0. The lowest BCUT2D eigenvalue weighted by Gasteiger charge is -2.16. The Labute approximate surface area is 104 Å². The molecule has 94 valence electrons.